The zero-order valence-electron chi connectivity index (χ0n) is 36.0. The van der Waals surface area contributed by atoms with Gasteiger partial charge in [-0.2, -0.15) is 0 Å². The largest absolute Gasteiger partial charge is 0.494 e. The maximum absolute atomic E-state index is 5.99. The zero-order chi connectivity index (χ0) is 39.1. The van der Waals surface area contributed by atoms with E-state index in [1.165, 1.54) is 180 Å². The molecular formula is C52H84O4. The third-order valence-corrected chi connectivity index (χ3v) is 11.1. The Morgan fingerprint density at radius 2 is 0.357 bits per heavy atom. The highest BCUT2D eigenvalue weighted by molar-refractivity contribution is 5.32. The molecule has 4 bridgehead atoms. The summed E-state index contributed by atoms with van der Waals surface area (Å²) in [5, 5.41) is 0. The summed E-state index contributed by atoms with van der Waals surface area (Å²) in [6.07, 6.45) is 51.2. The Hall–Kier alpha value is -2.88. The van der Waals surface area contributed by atoms with Crippen LogP contribution >= 0.6 is 0 Å². The van der Waals surface area contributed by atoms with E-state index in [4.69, 9.17) is 18.9 Å². The fraction of sp³-hybridized carbons (Fsp3) is 0.692. The maximum Gasteiger partial charge on any atom is 0.119 e. The van der Waals surface area contributed by atoms with E-state index in [9.17, 15) is 0 Å². The molecule has 0 aromatic heterocycles. The van der Waals surface area contributed by atoms with Crippen LogP contribution in [0.25, 0.3) is 0 Å². The molecule has 2 aromatic carbocycles. The van der Waals surface area contributed by atoms with Crippen molar-refractivity contribution >= 4 is 0 Å². The molecule has 4 nitrogen and oxygen atoms in total. The van der Waals surface area contributed by atoms with Crippen molar-refractivity contribution in [2.75, 3.05) is 26.4 Å². The Balaban J connectivity index is 1.23. The molecule has 316 valence electrons. The van der Waals surface area contributed by atoms with Crippen molar-refractivity contribution in [3.63, 3.8) is 0 Å². The van der Waals surface area contributed by atoms with Gasteiger partial charge in [0, 0.05) is 0 Å². The highest BCUT2D eigenvalue weighted by Crippen LogP contribution is 2.21. The standard InChI is InChI=1S/C52H84O4/c1-2-6-10-14-18-22-26-30-34-46-54-50-41-43-52(44-42-50)56-48-36-32-28-24-20-16-12-8-4-3-7-11-15-19-23-27-31-35-47-55-51-39-37-49(38-40-51)53-45-33-29-25-21-17-13-9-5-1/h1-4,37-44H,5-36,45-48H2. The van der Waals surface area contributed by atoms with Crippen molar-refractivity contribution in [1.82, 2.24) is 0 Å². The topological polar surface area (TPSA) is 36.9 Å². The average Bonchev–Trinajstić information content (AvgIpc) is 3.22. The first-order valence-electron chi connectivity index (χ1n) is 23.9. The molecule has 4 aliphatic rings. The molecule has 56 heavy (non-hydrogen) atoms. The second-order valence-electron chi connectivity index (χ2n) is 16.3. The summed E-state index contributed by atoms with van der Waals surface area (Å²) < 4.78 is 23.9. The van der Waals surface area contributed by atoms with E-state index in [0.29, 0.717) is 0 Å². The van der Waals surface area contributed by atoms with E-state index in [0.717, 1.165) is 75.1 Å². The third kappa shape index (κ3) is 28.5. The van der Waals surface area contributed by atoms with Gasteiger partial charge in [-0.25, -0.2) is 0 Å². The molecule has 2 aromatic rings. The molecule has 4 heteroatoms. The lowest BCUT2D eigenvalue weighted by Gasteiger charge is -2.09. The van der Waals surface area contributed by atoms with Gasteiger partial charge in [-0.15, -0.1) is 0 Å². The fourth-order valence-corrected chi connectivity index (χ4v) is 7.49. The summed E-state index contributed by atoms with van der Waals surface area (Å²) >= 11 is 0. The van der Waals surface area contributed by atoms with E-state index >= 15 is 0 Å². The summed E-state index contributed by atoms with van der Waals surface area (Å²) in [5.41, 5.74) is 0. The normalized spacial score (nSPS) is 20.1. The molecule has 6 rings (SSSR count). The van der Waals surface area contributed by atoms with E-state index < -0.39 is 0 Å². The summed E-state index contributed by atoms with van der Waals surface area (Å²) in [6.45, 7) is 3.24. The second kappa shape index (κ2) is 36.5. The highest BCUT2D eigenvalue weighted by Gasteiger charge is 2.01. The molecule has 4 heterocycles. The van der Waals surface area contributed by atoms with Crippen molar-refractivity contribution in [2.24, 2.45) is 0 Å². The predicted octanol–water partition coefficient (Wildman–Crippen LogP) is 16.5. The number of hydrogen-bond donors (Lipinski definition) is 0. The zero-order valence-corrected chi connectivity index (χ0v) is 36.0. The first-order chi connectivity index (χ1) is 27.9. The minimum Gasteiger partial charge on any atom is -0.494 e. The lowest BCUT2D eigenvalue weighted by atomic mass is 10.1. The van der Waals surface area contributed by atoms with Crippen molar-refractivity contribution < 1.29 is 18.9 Å². The van der Waals surface area contributed by atoms with Gasteiger partial charge in [-0.1, -0.05) is 153 Å². The van der Waals surface area contributed by atoms with Crippen molar-refractivity contribution in [3.05, 3.63) is 72.8 Å². The van der Waals surface area contributed by atoms with Gasteiger partial charge in [0.05, 0.1) is 26.4 Å². The molecule has 0 spiro atoms. The van der Waals surface area contributed by atoms with Gasteiger partial charge in [0.25, 0.3) is 0 Å². The van der Waals surface area contributed by atoms with Crippen LogP contribution in [0, 0.1) is 0 Å². The molecule has 4 aliphatic heterocycles. The van der Waals surface area contributed by atoms with E-state index in [1.807, 2.05) is 0 Å². The van der Waals surface area contributed by atoms with Crippen LogP contribution in [0.1, 0.15) is 205 Å². The quantitative estimate of drug-likeness (QED) is 0.250. The lowest BCUT2D eigenvalue weighted by Crippen LogP contribution is -1.99. The Kier molecular flexibility index (Phi) is 30.9. The summed E-state index contributed by atoms with van der Waals surface area (Å²) in [6, 6.07) is 16.5. The number of ether oxygens (including phenoxy) is 4. The van der Waals surface area contributed by atoms with Gasteiger partial charge < -0.3 is 18.9 Å². The van der Waals surface area contributed by atoms with Gasteiger partial charge in [-0.3, -0.25) is 0 Å². The molecule has 0 fully saturated rings. The minimum absolute atomic E-state index is 0.809. The second-order valence-corrected chi connectivity index (χ2v) is 16.3. The predicted molar refractivity (Wildman–Crippen MR) is 241 cm³/mol. The Morgan fingerprint density at radius 3 is 0.554 bits per heavy atom. The van der Waals surface area contributed by atoms with Gasteiger partial charge in [0.1, 0.15) is 23.0 Å². The van der Waals surface area contributed by atoms with Gasteiger partial charge in [0.15, 0.2) is 0 Å². The smallest absolute Gasteiger partial charge is 0.119 e. The SMILES string of the molecule is C1=CCCCCCCCCCOc2ccc(cc2)OCCCCCCCCCC=CCCCCCCCCCOc2ccc(cc2)OCCCCCCCCC1. The first-order valence-corrected chi connectivity index (χ1v) is 23.9. The Bertz CT molecular complexity index is 987. The van der Waals surface area contributed by atoms with Crippen LogP contribution in [0.5, 0.6) is 23.0 Å². The lowest BCUT2D eigenvalue weighted by molar-refractivity contribution is 0.296. The highest BCUT2D eigenvalue weighted by atomic mass is 16.5. The number of hydrogen-bond acceptors (Lipinski definition) is 4. The number of benzene rings is 2. The number of allylic oxidation sites excluding steroid dienone is 4. The maximum atomic E-state index is 5.99. The Morgan fingerprint density at radius 1 is 0.196 bits per heavy atom. The van der Waals surface area contributed by atoms with Crippen LogP contribution in [0.2, 0.25) is 0 Å². The van der Waals surface area contributed by atoms with Crippen molar-refractivity contribution in [1.29, 1.82) is 0 Å². The fourth-order valence-electron chi connectivity index (χ4n) is 7.49. The third-order valence-electron chi connectivity index (χ3n) is 11.1. The summed E-state index contributed by atoms with van der Waals surface area (Å²) in [5.74, 6) is 3.83. The summed E-state index contributed by atoms with van der Waals surface area (Å²) in [4.78, 5) is 0. The molecule has 0 amide bonds. The average molecular weight is 773 g/mol. The van der Waals surface area contributed by atoms with Crippen LogP contribution in [-0.2, 0) is 0 Å². The molecule has 0 unspecified atom stereocenters. The van der Waals surface area contributed by atoms with E-state index in [1.54, 1.807) is 0 Å². The van der Waals surface area contributed by atoms with E-state index in [-0.39, 0.29) is 0 Å². The monoisotopic (exact) mass is 773 g/mol. The van der Waals surface area contributed by atoms with E-state index in [2.05, 4.69) is 72.8 Å². The molecule has 0 radical (unpaired) electrons. The molecule has 0 aliphatic carbocycles. The molecule has 0 saturated heterocycles. The first kappa shape index (κ1) is 47.5. The Labute approximate surface area is 345 Å². The van der Waals surface area contributed by atoms with Crippen LogP contribution in [0.15, 0.2) is 72.8 Å². The van der Waals surface area contributed by atoms with Crippen LogP contribution in [-0.4, -0.2) is 26.4 Å². The van der Waals surface area contributed by atoms with Crippen LogP contribution < -0.4 is 18.9 Å². The van der Waals surface area contributed by atoms with Crippen molar-refractivity contribution in [2.45, 2.75) is 205 Å². The minimum atomic E-state index is 0.809. The van der Waals surface area contributed by atoms with Gasteiger partial charge in [0.2, 0.25) is 0 Å². The van der Waals surface area contributed by atoms with Crippen LogP contribution in [0.3, 0.4) is 0 Å². The molecule has 0 saturated carbocycles. The molecule has 0 atom stereocenters. The van der Waals surface area contributed by atoms with Gasteiger partial charge in [-0.05, 0) is 126 Å². The molecule has 0 N–H and O–H groups in total. The van der Waals surface area contributed by atoms with Crippen molar-refractivity contribution in [3.8, 4) is 23.0 Å². The van der Waals surface area contributed by atoms with Gasteiger partial charge >= 0.3 is 0 Å². The molecular weight excluding hydrogens is 689 g/mol. The van der Waals surface area contributed by atoms with Crippen LogP contribution in [0.4, 0.5) is 0 Å². The summed E-state index contributed by atoms with van der Waals surface area (Å²) in [7, 11) is 0. The number of rotatable bonds is 0.